The molecule has 1 aromatic carbocycles. The molecule has 0 spiro atoms. The number of nitrogens with one attached hydrogen (secondary N) is 1. The summed E-state index contributed by atoms with van der Waals surface area (Å²) in [6, 6.07) is 10.4. The van der Waals surface area contributed by atoms with Gasteiger partial charge in [0.25, 0.3) is 11.6 Å². The van der Waals surface area contributed by atoms with E-state index in [1.54, 1.807) is 25.1 Å². The number of nitriles is 1. The second kappa shape index (κ2) is 7.79. The minimum Gasteiger partial charge on any atom is -0.309 e. The van der Waals surface area contributed by atoms with Crippen molar-refractivity contribution in [1.82, 2.24) is 4.98 Å². The zero-order valence-corrected chi connectivity index (χ0v) is 13.3. The molecular formula is C17H14N4O4. The lowest BCUT2D eigenvalue weighted by molar-refractivity contribution is -0.385. The Hall–Kier alpha value is -3.60. The van der Waals surface area contributed by atoms with Crippen LogP contribution in [0.1, 0.15) is 22.8 Å². The lowest BCUT2D eigenvalue weighted by Crippen LogP contribution is -2.29. The maximum atomic E-state index is 12.5. The minimum atomic E-state index is -1.63. The number of aromatic nitrogens is 1. The van der Waals surface area contributed by atoms with Gasteiger partial charge in [-0.15, -0.1) is 0 Å². The molecule has 1 heterocycles. The average molecular weight is 338 g/mol. The molecule has 25 heavy (non-hydrogen) atoms. The molecule has 0 bridgehead atoms. The zero-order valence-electron chi connectivity index (χ0n) is 13.3. The average Bonchev–Trinajstić information content (AvgIpc) is 2.62. The highest BCUT2D eigenvalue weighted by Gasteiger charge is 2.29. The second-order valence-electron chi connectivity index (χ2n) is 5.08. The SMILES string of the molecule is CCc1ccc(C(=O)[C@H](C#N)C(=O)Nc2ccccn2)cc1[N+](=O)[O-]. The van der Waals surface area contributed by atoms with Crippen LogP contribution in [0.15, 0.2) is 42.6 Å². The molecule has 1 N–H and O–H groups in total. The van der Waals surface area contributed by atoms with Crippen molar-refractivity contribution in [3.05, 3.63) is 63.8 Å². The van der Waals surface area contributed by atoms with Gasteiger partial charge in [-0.25, -0.2) is 4.98 Å². The van der Waals surface area contributed by atoms with Crippen molar-refractivity contribution in [2.75, 3.05) is 5.32 Å². The lowest BCUT2D eigenvalue weighted by Gasteiger charge is -2.09. The Morgan fingerprint density at radius 1 is 1.36 bits per heavy atom. The monoisotopic (exact) mass is 338 g/mol. The van der Waals surface area contributed by atoms with E-state index in [1.807, 2.05) is 0 Å². The molecule has 1 aromatic heterocycles. The van der Waals surface area contributed by atoms with Gasteiger partial charge in [0.2, 0.25) is 0 Å². The molecule has 126 valence electrons. The van der Waals surface area contributed by atoms with E-state index >= 15 is 0 Å². The van der Waals surface area contributed by atoms with Crippen molar-refractivity contribution in [2.24, 2.45) is 5.92 Å². The largest absolute Gasteiger partial charge is 0.309 e. The number of nitro groups is 1. The van der Waals surface area contributed by atoms with Gasteiger partial charge in [0.1, 0.15) is 5.82 Å². The van der Waals surface area contributed by atoms with Crippen molar-refractivity contribution < 1.29 is 14.5 Å². The molecule has 0 fully saturated rings. The zero-order chi connectivity index (χ0) is 18.4. The fraction of sp³-hybridized carbons (Fsp3) is 0.176. The molecule has 1 amide bonds. The van der Waals surface area contributed by atoms with Crippen molar-refractivity contribution in [3.8, 4) is 6.07 Å². The van der Waals surface area contributed by atoms with E-state index in [0.29, 0.717) is 12.0 Å². The summed E-state index contributed by atoms with van der Waals surface area (Å²) in [6.45, 7) is 1.75. The van der Waals surface area contributed by atoms with Gasteiger partial charge in [0, 0.05) is 23.4 Å². The van der Waals surface area contributed by atoms with Crippen molar-refractivity contribution in [1.29, 1.82) is 5.26 Å². The predicted octanol–water partition coefficient (Wildman–Crippen LogP) is 2.51. The number of aryl methyl sites for hydroxylation is 1. The van der Waals surface area contributed by atoms with Crippen molar-refractivity contribution in [3.63, 3.8) is 0 Å². The molecule has 8 nitrogen and oxygen atoms in total. The fourth-order valence-electron chi connectivity index (χ4n) is 2.22. The Balaban J connectivity index is 2.28. The molecular weight excluding hydrogens is 324 g/mol. The number of carbonyl (C=O) groups excluding carboxylic acids is 2. The van der Waals surface area contributed by atoms with Gasteiger partial charge in [-0.05, 0) is 18.6 Å². The highest BCUT2D eigenvalue weighted by molar-refractivity contribution is 6.15. The number of anilines is 1. The molecule has 8 heteroatoms. The van der Waals surface area contributed by atoms with Crippen LogP contribution in [-0.4, -0.2) is 21.6 Å². The molecule has 1 atom stereocenters. The summed E-state index contributed by atoms with van der Waals surface area (Å²) in [6.07, 6.45) is 1.87. The van der Waals surface area contributed by atoms with Gasteiger partial charge in [-0.1, -0.05) is 25.1 Å². The van der Waals surface area contributed by atoms with E-state index in [4.69, 9.17) is 0 Å². The highest BCUT2D eigenvalue weighted by Crippen LogP contribution is 2.23. The number of nitrogens with zero attached hydrogens (tertiary/aromatic N) is 3. The first-order valence-corrected chi connectivity index (χ1v) is 7.41. The number of benzene rings is 1. The Morgan fingerprint density at radius 3 is 2.68 bits per heavy atom. The third kappa shape index (κ3) is 4.03. The quantitative estimate of drug-likeness (QED) is 0.373. The molecule has 0 radical (unpaired) electrons. The maximum Gasteiger partial charge on any atom is 0.273 e. The van der Waals surface area contributed by atoms with E-state index < -0.39 is 22.5 Å². The van der Waals surface area contributed by atoms with Crippen LogP contribution in [0, 0.1) is 27.4 Å². The van der Waals surface area contributed by atoms with Gasteiger partial charge in [-0.2, -0.15) is 5.26 Å². The first-order chi connectivity index (χ1) is 12.0. The Labute approximate surface area is 143 Å². The number of carbonyl (C=O) groups is 2. The topological polar surface area (TPSA) is 126 Å². The molecule has 0 aliphatic rings. The summed E-state index contributed by atoms with van der Waals surface area (Å²) in [5.74, 6) is -3.07. The van der Waals surface area contributed by atoms with Crippen LogP contribution in [0.4, 0.5) is 11.5 Å². The summed E-state index contributed by atoms with van der Waals surface area (Å²) in [5.41, 5.74) is 0.190. The number of rotatable bonds is 6. The molecule has 0 aliphatic carbocycles. The van der Waals surface area contributed by atoms with E-state index in [9.17, 15) is 25.0 Å². The third-order valence-corrected chi connectivity index (χ3v) is 3.52. The summed E-state index contributed by atoms with van der Waals surface area (Å²) < 4.78 is 0. The molecule has 0 aliphatic heterocycles. The van der Waals surface area contributed by atoms with Crippen LogP contribution in [-0.2, 0) is 11.2 Å². The van der Waals surface area contributed by atoms with Gasteiger partial charge in [-0.3, -0.25) is 19.7 Å². The second-order valence-corrected chi connectivity index (χ2v) is 5.08. The van der Waals surface area contributed by atoms with Gasteiger partial charge < -0.3 is 5.32 Å². The Kier molecular flexibility index (Phi) is 5.53. The first-order valence-electron chi connectivity index (χ1n) is 7.41. The van der Waals surface area contributed by atoms with Gasteiger partial charge >= 0.3 is 0 Å². The third-order valence-electron chi connectivity index (χ3n) is 3.52. The normalized spacial score (nSPS) is 11.2. The van der Waals surface area contributed by atoms with E-state index in [2.05, 4.69) is 10.3 Å². The minimum absolute atomic E-state index is 0.0633. The molecule has 0 saturated heterocycles. The Morgan fingerprint density at radius 2 is 2.12 bits per heavy atom. The number of Topliss-reactive ketones (excluding diaryl/α,β-unsaturated/α-hetero) is 1. The molecule has 2 rings (SSSR count). The van der Waals surface area contributed by atoms with Crippen LogP contribution in [0.3, 0.4) is 0 Å². The van der Waals surface area contributed by atoms with Crippen LogP contribution >= 0.6 is 0 Å². The summed E-state index contributed by atoms with van der Waals surface area (Å²) in [4.78, 5) is 39.0. The first kappa shape index (κ1) is 17.7. The molecule has 2 aromatic rings. The van der Waals surface area contributed by atoms with Crippen molar-refractivity contribution in [2.45, 2.75) is 13.3 Å². The number of ketones is 1. The van der Waals surface area contributed by atoms with Crippen LogP contribution in [0.5, 0.6) is 0 Å². The van der Waals surface area contributed by atoms with Crippen molar-refractivity contribution >= 4 is 23.2 Å². The molecule has 0 unspecified atom stereocenters. The summed E-state index contributed by atoms with van der Waals surface area (Å²) in [5, 5.41) is 22.7. The van der Waals surface area contributed by atoms with Gasteiger partial charge in [0.05, 0.1) is 11.0 Å². The smallest absolute Gasteiger partial charge is 0.273 e. The number of amides is 1. The summed E-state index contributed by atoms with van der Waals surface area (Å²) >= 11 is 0. The number of hydrogen-bond acceptors (Lipinski definition) is 6. The molecule has 0 saturated carbocycles. The van der Waals surface area contributed by atoms with Crippen LogP contribution in [0.25, 0.3) is 0 Å². The maximum absolute atomic E-state index is 12.5. The van der Waals surface area contributed by atoms with E-state index in [-0.39, 0.29) is 17.1 Å². The number of pyridine rings is 1. The summed E-state index contributed by atoms with van der Waals surface area (Å²) in [7, 11) is 0. The fourth-order valence-corrected chi connectivity index (χ4v) is 2.22. The predicted molar refractivity (Wildman–Crippen MR) is 88.8 cm³/mol. The lowest BCUT2D eigenvalue weighted by atomic mass is 9.96. The number of hydrogen-bond donors (Lipinski definition) is 1. The van der Waals surface area contributed by atoms with Crippen LogP contribution in [0.2, 0.25) is 0 Å². The van der Waals surface area contributed by atoms with E-state index in [1.165, 1.54) is 24.4 Å². The highest BCUT2D eigenvalue weighted by atomic mass is 16.6. The van der Waals surface area contributed by atoms with E-state index in [0.717, 1.165) is 6.07 Å². The van der Waals surface area contributed by atoms with Crippen LogP contribution < -0.4 is 5.32 Å². The van der Waals surface area contributed by atoms with Gasteiger partial charge in [0.15, 0.2) is 11.7 Å². The Bertz CT molecular complexity index is 859. The standard InChI is InChI=1S/C17H14N4O4/c1-2-11-6-7-12(9-14(11)21(24)25)16(22)13(10-18)17(23)20-15-5-3-4-8-19-15/h3-9,13H,2H2,1H3,(H,19,20,23)/t13-/m0/s1. The number of nitro benzene ring substituents is 1.